The van der Waals surface area contributed by atoms with Gasteiger partial charge in [0.2, 0.25) is 0 Å². The van der Waals surface area contributed by atoms with E-state index in [2.05, 4.69) is 63.6 Å². The fraction of sp³-hybridized carbons (Fsp3) is 0.467. The summed E-state index contributed by atoms with van der Waals surface area (Å²) in [5.41, 5.74) is 8.50. The molecule has 3 heteroatoms. The Bertz CT molecular complexity index is 325. The van der Waals surface area contributed by atoms with Crippen molar-refractivity contribution in [2.24, 2.45) is 0 Å². The topological polar surface area (TPSA) is 0 Å². The third-order valence-corrected chi connectivity index (χ3v) is 3.36. The molecule has 98 valence electrons. The fourth-order valence-electron chi connectivity index (χ4n) is 2.11. The van der Waals surface area contributed by atoms with Crippen LogP contribution in [0.3, 0.4) is 0 Å². The van der Waals surface area contributed by atoms with Gasteiger partial charge < -0.3 is 0 Å². The first kappa shape index (κ1) is 24.6. The summed E-state index contributed by atoms with van der Waals surface area (Å²) >= 11 is 0. The van der Waals surface area contributed by atoms with Crippen LogP contribution in [0, 0.1) is 40.5 Å². The van der Waals surface area contributed by atoms with Crippen molar-refractivity contribution < 1.29 is 65.4 Å². The van der Waals surface area contributed by atoms with Gasteiger partial charge in [-0.2, -0.15) is 0 Å². The van der Waals surface area contributed by atoms with Gasteiger partial charge in [0.1, 0.15) is 0 Å². The molecule has 2 radical (unpaired) electrons. The molecule has 0 spiro atoms. The summed E-state index contributed by atoms with van der Waals surface area (Å²) in [7, 11) is 2.42. The monoisotopic (exact) mass is 414 g/mol. The van der Waals surface area contributed by atoms with Gasteiger partial charge in [-0.1, -0.05) is 34.4 Å². The molecule has 0 heterocycles. The summed E-state index contributed by atoms with van der Waals surface area (Å²) in [5, 5.41) is 0. The summed E-state index contributed by atoms with van der Waals surface area (Å²) in [6.45, 7) is 15.0. The minimum atomic E-state index is 0. The summed E-state index contributed by atoms with van der Waals surface area (Å²) in [5.74, 6) is 0. The van der Waals surface area contributed by atoms with Gasteiger partial charge in [0.05, 0.1) is 0 Å². The van der Waals surface area contributed by atoms with E-state index >= 15 is 0 Å². The third-order valence-electron chi connectivity index (χ3n) is 3.36. The van der Waals surface area contributed by atoms with Crippen molar-refractivity contribution in [1.82, 2.24) is 0 Å². The molecule has 0 amide bonds. The van der Waals surface area contributed by atoms with Crippen molar-refractivity contribution in [2.75, 3.05) is 6.66 Å². The Morgan fingerprint density at radius 1 is 0.611 bits per heavy atom. The minimum Gasteiger partial charge on any atom is -0.293 e. The molecule has 0 aromatic heterocycles. The molecule has 0 aliphatic rings. The van der Waals surface area contributed by atoms with Gasteiger partial charge in [0.25, 0.3) is 0 Å². The summed E-state index contributed by atoms with van der Waals surface area (Å²) in [6.07, 6.45) is 4.42. The SMILES string of the molecule is CP.C[CH-]c1c(C)c(C)c(C)c(C)c1[CH-]C.[Y].[Y]. The van der Waals surface area contributed by atoms with Crippen LogP contribution in [0.2, 0.25) is 0 Å². The van der Waals surface area contributed by atoms with Crippen LogP contribution < -0.4 is 0 Å². The zero-order chi connectivity index (χ0) is 12.9. The van der Waals surface area contributed by atoms with Gasteiger partial charge in [-0.3, -0.25) is 11.1 Å². The predicted octanol–water partition coefficient (Wildman–Crippen LogP) is 4.55. The van der Waals surface area contributed by atoms with E-state index in [1.165, 1.54) is 33.4 Å². The molecule has 1 rings (SSSR count). The molecule has 0 saturated carbocycles. The smallest absolute Gasteiger partial charge is 0 e. The predicted molar refractivity (Wildman–Crippen MR) is 79.2 cm³/mol. The van der Waals surface area contributed by atoms with Gasteiger partial charge in [0, 0.05) is 65.4 Å². The molecule has 1 unspecified atom stereocenters. The number of benzene rings is 1. The van der Waals surface area contributed by atoms with Crippen molar-refractivity contribution in [3.63, 3.8) is 0 Å². The fourth-order valence-corrected chi connectivity index (χ4v) is 2.11. The maximum atomic E-state index is 2.42. The zero-order valence-electron chi connectivity index (χ0n) is 12.9. The first-order valence-electron chi connectivity index (χ1n) is 5.81. The molecule has 0 aliphatic carbocycles. The van der Waals surface area contributed by atoms with E-state index < -0.39 is 0 Å². The average Bonchev–Trinajstić information content (AvgIpc) is 2.33. The first-order chi connectivity index (χ1) is 7.54. The van der Waals surface area contributed by atoms with Crippen LogP contribution in [0.15, 0.2) is 0 Å². The molecule has 0 aliphatic heterocycles. The Morgan fingerprint density at radius 3 is 1.00 bits per heavy atom. The second kappa shape index (κ2) is 12.3. The van der Waals surface area contributed by atoms with Crippen molar-refractivity contribution in [3.05, 3.63) is 46.2 Å². The molecule has 1 aromatic rings. The second-order valence-electron chi connectivity index (χ2n) is 3.90. The maximum Gasteiger partial charge on any atom is 0 e. The van der Waals surface area contributed by atoms with Crippen molar-refractivity contribution in [1.29, 1.82) is 0 Å². The van der Waals surface area contributed by atoms with E-state index in [0.29, 0.717) is 0 Å². The summed E-state index contributed by atoms with van der Waals surface area (Å²) in [6, 6.07) is 0. The molecule has 0 nitrogen and oxygen atoms in total. The van der Waals surface area contributed by atoms with E-state index in [1.54, 1.807) is 0 Å². The summed E-state index contributed by atoms with van der Waals surface area (Å²) < 4.78 is 0. The van der Waals surface area contributed by atoms with Gasteiger partial charge in [-0.05, 0) is 0 Å². The largest absolute Gasteiger partial charge is 0.293 e. The average molecular weight is 414 g/mol. The van der Waals surface area contributed by atoms with Gasteiger partial charge in [-0.15, -0.1) is 34.2 Å². The van der Waals surface area contributed by atoms with Crippen molar-refractivity contribution in [2.45, 2.75) is 41.5 Å². The standard InChI is InChI=1S/C14H20.CH5P.2Y/c1-7-13-11(5)9(3)10(4)12(6)14(13)8-2;1-2;;/h7-8H,1-6H3;2H2,1H3;;/q-2;;;. The number of hydrogen-bond donors (Lipinski definition) is 0. The van der Waals surface area contributed by atoms with Gasteiger partial charge in [0.15, 0.2) is 0 Å². The number of rotatable bonds is 2. The Morgan fingerprint density at radius 2 is 0.833 bits per heavy atom. The second-order valence-corrected chi connectivity index (χ2v) is 3.90. The molecule has 18 heavy (non-hydrogen) atoms. The van der Waals surface area contributed by atoms with E-state index in [0.717, 1.165) is 0 Å². The van der Waals surface area contributed by atoms with Crippen molar-refractivity contribution >= 4 is 9.24 Å². The normalized spacial score (nSPS) is 8.22. The van der Waals surface area contributed by atoms with E-state index in [-0.39, 0.29) is 65.4 Å². The Labute approximate surface area is 167 Å². The summed E-state index contributed by atoms with van der Waals surface area (Å²) in [4.78, 5) is 0. The molecular weight excluding hydrogens is 389 g/mol. The van der Waals surface area contributed by atoms with Crippen LogP contribution in [0.5, 0.6) is 0 Å². The zero-order valence-corrected chi connectivity index (χ0v) is 19.7. The molecule has 1 atom stereocenters. The Hall–Kier alpha value is 1.60. The van der Waals surface area contributed by atoms with E-state index in [1.807, 2.05) is 6.66 Å². The molecular formula is C15H25PY2-2. The van der Waals surface area contributed by atoms with Crippen LogP contribution >= 0.6 is 9.24 Å². The van der Waals surface area contributed by atoms with Crippen molar-refractivity contribution in [3.8, 4) is 0 Å². The van der Waals surface area contributed by atoms with Gasteiger partial charge in [-0.25, -0.2) is 24.0 Å². The van der Waals surface area contributed by atoms with Crippen LogP contribution in [-0.2, 0) is 65.4 Å². The van der Waals surface area contributed by atoms with E-state index in [4.69, 9.17) is 0 Å². The van der Waals surface area contributed by atoms with Crippen LogP contribution in [-0.4, -0.2) is 6.66 Å². The first-order valence-corrected chi connectivity index (χ1v) is 6.96. The Kier molecular flexibility index (Phi) is 16.9. The molecule has 0 fully saturated rings. The van der Waals surface area contributed by atoms with Crippen LogP contribution in [0.4, 0.5) is 0 Å². The van der Waals surface area contributed by atoms with E-state index in [9.17, 15) is 0 Å². The van der Waals surface area contributed by atoms with Crippen LogP contribution in [0.25, 0.3) is 0 Å². The van der Waals surface area contributed by atoms with Gasteiger partial charge >= 0.3 is 0 Å². The number of hydrogen-bond acceptors (Lipinski definition) is 0. The Balaban J connectivity index is -0.000000534. The van der Waals surface area contributed by atoms with Crippen LogP contribution in [0.1, 0.15) is 47.2 Å². The maximum absolute atomic E-state index is 2.42. The molecule has 0 bridgehead atoms. The molecule has 0 N–H and O–H groups in total. The third kappa shape index (κ3) is 5.53. The quantitative estimate of drug-likeness (QED) is 0.492. The minimum absolute atomic E-state index is 0. The molecule has 0 saturated heterocycles. The molecule has 1 aromatic carbocycles.